The summed E-state index contributed by atoms with van der Waals surface area (Å²) in [6.07, 6.45) is 0.805. The fraction of sp³-hybridized carbons (Fsp3) is 0.286. The highest BCUT2D eigenvalue weighted by Gasteiger charge is 2.08. The minimum atomic E-state index is 0.620. The van der Waals surface area contributed by atoms with E-state index >= 15 is 0 Å². The highest BCUT2D eigenvalue weighted by Crippen LogP contribution is 2.23. The van der Waals surface area contributed by atoms with Crippen LogP contribution in [0.15, 0.2) is 24.3 Å². The molecule has 3 aromatic rings. The standard InChI is InChI=1S/C14H17N5/c1-9-16-12-4-3-10(7-13(12)17-9)14-8-11(5-6-15)18-19(14)2/h3-4,7-8H,5-6,15H2,1-2H3,(H,16,17). The molecule has 5 nitrogen and oxygen atoms in total. The molecule has 0 aliphatic carbocycles. The molecule has 0 aliphatic rings. The zero-order chi connectivity index (χ0) is 13.4. The van der Waals surface area contributed by atoms with Crippen LogP contribution < -0.4 is 5.73 Å². The number of aryl methyl sites for hydroxylation is 2. The molecule has 2 heterocycles. The van der Waals surface area contributed by atoms with Crippen LogP contribution in [0.3, 0.4) is 0 Å². The predicted molar refractivity (Wildman–Crippen MR) is 75.8 cm³/mol. The zero-order valence-corrected chi connectivity index (χ0v) is 11.1. The van der Waals surface area contributed by atoms with Crippen LogP contribution in [0, 0.1) is 6.92 Å². The maximum absolute atomic E-state index is 5.57. The third kappa shape index (κ3) is 2.13. The number of rotatable bonds is 3. The Morgan fingerprint density at radius 1 is 1.32 bits per heavy atom. The van der Waals surface area contributed by atoms with Gasteiger partial charge in [0.15, 0.2) is 0 Å². The Bertz CT molecular complexity index is 723. The molecule has 1 aromatic carbocycles. The topological polar surface area (TPSA) is 72.5 Å². The zero-order valence-electron chi connectivity index (χ0n) is 11.1. The number of nitrogens with zero attached hydrogens (tertiary/aromatic N) is 3. The second-order valence-electron chi connectivity index (χ2n) is 4.74. The fourth-order valence-corrected chi connectivity index (χ4v) is 2.36. The van der Waals surface area contributed by atoms with Gasteiger partial charge in [0, 0.05) is 19.0 Å². The molecular formula is C14H17N5. The van der Waals surface area contributed by atoms with Crippen LogP contribution >= 0.6 is 0 Å². The van der Waals surface area contributed by atoms with Gasteiger partial charge in [0.1, 0.15) is 5.82 Å². The number of imidazole rings is 1. The van der Waals surface area contributed by atoms with Gasteiger partial charge in [-0.05, 0) is 31.7 Å². The Labute approximate surface area is 111 Å². The van der Waals surface area contributed by atoms with E-state index in [9.17, 15) is 0 Å². The van der Waals surface area contributed by atoms with Crippen molar-refractivity contribution in [3.63, 3.8) is 0 Å². The summed E-state index contributed by atoms with van der Waals surface area (Å²) >= 11 is 0. The normalized spacial score (nSPS) is 11.3. The van der Waals surface area contributed by atoms with Gasteiger partial charge in [-0.1, -0.05) is 6.07 Å². The molecule has 0 atom stereocenters. The van der Waals surface area contributed by atoms with E-state index in [1.807, 2.05) is 24.7 Å². The molecule has 0 saturated heterocycles. The third-order valence-corrected chi connectivity index (χ3v) is 3.23. The summed E-state index contributed by atoms with van der Waals surface area (Å²) in [5, 5.41) is 4.47. The van der Waals surface area contributed by atoms with Crippen LogP contribution in [0.4, 0.5) is 0 Å². The van der Waals surface area contributed by atoms with Gasteiger partial charge in [-0.3, -0.25) is 4.68 Å². The molecule has 0 unspecified atom stereocenters. The molecule has 0 amide bonds. The van der Waals surface area contributed by atoms with Gasteiger partial charge in [-0.25, -0.2) is 4.98 Å². The molecule has 19 heavy (non-hydrogen) atoms. The first kappa shape index (κ1) is 11.9. The van der Waals surface area contributed by atoms with E-state index in [-0.39, 0.29) is 0 Å². The third-order valence-electron chi connectivity index (χ3n) is 3.23. The number of H-pyrrole nitrogens is 1. The number of aromatic nitrogens is 4. The molecule has 0 aliphatic heterocycles. The van der Waals surface area contributed by atoms with Crippen molar-refractivity contribution in [3.8, 4) is 11.3 Å². The van der Waals surface area contributed by atoms with Crippen molar-refractivity contribution in [1.29, 1.82) is 0 Å². The molecule has 3 rings (SSSR count). The van der Waals surface area contributed by atoms with E-state index in [0.717, 1.165) is 40.2 Å². The lowest BCUT2D eigenvalue weighted by Crippen LogP contribution is -2.03. The molecule has 0 fully saturated rings. The average Bonchev–Trinajstić information content (AvgIpc) is 2.90. The lowest BCUT2D eigenvalue weighted by atomic mass is 10.1. The van der Waals surface area contributed by atoms with Crippen LogP contribution in [0.1, 0.15) is 11.5 Å². The Balaban J connectivity index is 2.07. The molecule has 5 heteroatoms. The Morgan fingerprint density at radius 2 is 2.16 bits per heavy atom. The maximum atomic E-state index is 5.57. The summed E-state index contributed by atoms with van der Waals surface area (Å²) in [5.74, 6) is 0.931. The average molecular weight is 255 g/mol. The summed E-state index contributed by atoms with van der Waals surface area (Å²) in [6.45, 7) is 2.58. The number of nitrogens with two attached hydrogens (primary N) is 1. The molecule has 0 radical (unpaired) electrons. The minimum Gasteiger partial charge on any atom is -0.342 e. The van der Waals surface area contributed by atoms with Gasteiger partial charge in [0.05, 0.1) is 22.4 Å². The number of aromatic amines is 1. The number of hydrogen-bond donors (Lipinski definition) is 2. The van der Waals surface area contributed by atoms with E-state index in [1.54, 1.807) is 0 Å². The quantitative estimate of drug-likeness (QED) is 0.749. The number of nitrogens with one attached hydrogen (secondary N) is 1. The van der Waals surface area contributed by atoms with Crippen molar-refractivity contribution in [2.24, 2.45) is 12.8 Å². The van der Waals surface area contributed by atoms with Crippen molar-refractivity contribution in [3.05, 3.63) is 35.8 Å². The summed E-state index contributed by atoms with van der Waals surface area (Å²) in [7, 11) is 1.96. The van der Waals surface area contributed by atoms with Crippen LogP contribution in [0.5, 0.6) is 0 Å². The first-order valence-corrected chi connectivity index (χ1v) is 6.37. The largest absolute Gasteiger partial charge is 0.342 e. The van der Waals surface area contributed by atoms with Crippen LogP contribution in [-0.2, 0) is 13.5 Å². The highest BCUT2D eigenvalue weighted by atomic mass is 15.3. The predicted octanol–water partition coefficient (Wildman–Crippen LogP) is 1.77. The van der Waals surface area contributed by atoms with Crippen molar-refractivity contribution in [1.82, 2.24) is 19.7 Å². The van der Waals surface area contributed by atoms with Gasteiger partial charge in [-0.2, -0.15) is 5.10 Å². The van der Waals surface area contributed by atoms with Gasteiger partial charge in [0.25, 0.3) is 0 Å². The van der Waals surface area contributed by atoms with Crippen molar-refractivity contribution >= 4 is 11.0 Å². The fourth-order valence-electron chi connectivity index (χ4n) is 2.36. The second kappa shape index (κ2) is 4.51. The smallest absolute Gasteiger partial charge is 0.104 e. The highest BCUT2D eigenvalue weighted by molar-refractivity contribution is 5.81. The first-order chi connectivity index (χ1) is 9.17. The second-order valence-corrected chi connectivity index (χ2v) is 4.74. The van der Waals surface area contributed by atoms with Crippen molar-refractivity contribution in [2.45, 2.75) is 13.3 Å². The van der Waals surface area contributed by atoms with Gasteiger partial charge in [-0.15, -0.1) is 0 Å². The summed E-state index contributed by atoms with van der Waals surface area (Å²) in [5.41, 5.74) is 10.9. The van der Waals surface area contributed by atoms with Crippen LogP contribution in [0.25, 0.3) is 22.3 Å². The molecule has 2 aromatic heterocycles. The Morgan fingerprint density at radius 3 is 2.95 bits per heavy atom. The van der Waals surface area contributed by atoms with E-state index < -0.39 is 0 Å². The lowest BCUT2D eigenvalue weighted by Gasteiger charge is -2.01. The van der Waals surface area contributed by atoms with Gasteiger partial charge in [0.2, 0.25) is 0 Å². The van der Waals surface area contributed by atoms with E-state index in [4.69, 9.17) is 5.73 Å². The van der Waals surface area contributed by atoms with Gasteiger partial charge >= 0.3 is 0 Å². The van der Waals surface area contributed by atoms with Crippen molar-refractivity contribution in [2.75, 3.05) is 6.54 Å². The molecule has 0 spiro atoms. The Kier molecular flexibility index (Phi) is 2.83. The van der Waals surface area contributed by atoms with Crippen LogP contribution in [0.2, 0.25) is 0 Å². The van der Waals surface area contributed by atoms with E-state index in [0.29, 0.717) is 6.54 Å². The molecule has 98 valence electrons. The van der Waals surface area contributed by atoms with Gasteiger partial charge < -0.3 is 10.7 Å². The monoisotopic (exact) mass is 255 g/mol. The summed E-state index contributed by atoms with van der Waals surface area (Å²) in [6, 6.07) is 8.31. The SMILES string of the molecule is Cc1nc2ccc(-c3cc(CCN)nn3C)cc2[nH]1. The van der Waals surface area contributed by atoms with E-state index in [2.05, 4.69) is 33.3 Å². The summed E-state index contributed by atoms with van der Waals surface area (Å²) in [4.78, 5) is 7.67. The molecule has 3 N–H and O–H groups in total. The Hall–Kier alpha value is -2.14. The van der Waals surface area contributed by atoms with Crippen LogP contribution in [-0.4, -0.2) is 26.3 Å². The molecule has 0 saturated carbocycles. The van der Waals surface area contributed by atoms with E-state index in [1.165, 1.54) is 0 Å². The number of fused-ring (bicyclic) bond motifs is 1. The first-order valence-electron chi connectivity index (χ1n) is 6.37. The lowest BCUT2D eigenvalue weighted by molar-refractivity contribution is 0.745. The summed E-state index contributed by atoms with van der Waals surface area (Å²) < 4.78 is 1.90. The molecular weight excluding hydrogens is 238 g/mol. The minimum absolute atomic E-state index is 0.620. The number of hydrogen-bond acceptors (Lipinski definition) is 3. The molecule has 0 bridgehead atoms. The van der Waals surface area contributed by atoms with Crippen molar-refractivity contribution < 1.29 is 0 Å². The number of benzene rings is 1. The maximum Gasteiger partial charge on any atom is 0.104 e.